The number of nitrogens with one attached hydrogen (secondary N) is 1. The van der Waals surface area contributed by atoms with Crippen molar-refractivity contribution >= 4 is 44.8 Å². The van der Waals surface area contributed by atoms with Gasteiger partial charge in [-0.2, -0.15) is 0 Å². The fraction of sp³-hybridized carbons (Fsp3) is 0.143. The summed E-state index contributed by atoms with van der Waals surface area (Å²) in [5, 5.41) is 1.04. The van der Waals surface area contributed by atoms with Gasteiger partial charge >= 0.3 is 0 Å². The Hall–Kier alpha value is -0.780. The van der Waals surface area contributed by atoms with Crippen molar-refractivity contribution in [1.29, 1.82) is 0 Å². The second-order valence-corrected chi connectivity index (χ2v) is 7.49. The summed E-state index contributed by atoms with van der Waals surface area (Å²) in [4.78, 5) is -0.0386. The van der Waals surface area contributed by atoms with Gasteiger partial charge < -0.3 is 0 Å². The molecular formula is C14H12Cl3NO2S. The van der Waals surface area contributed by atoms with Gasteiger partial charge in [-0.25, -0.2) is 13.1 Å². The monoisotopic (exact) mass is 363 g/mol. The molecule has 0 unspecified atom stereocenters. The smallest absolute Gasteiger partial charge is 0.207 e. The van der Waals surface area contributed by atoms with E-state index in [-0.39, 0.29) is 16.5 Å². The Morgan fingerprint density at radius 2 is 1.62 bits per heavy atom. The molecule has 0 fully saturated rings. The van der Waals surface area contributed by atoms with Crippen molar-refractivity contribution in [2.75, 3.05) is 0 Å². The van der Waals surface area contributed by atoms with E-state index in [1.165, 1.54) is 18.2 Å². The highest BCUT2D eigenvalue weighted by molar-refractivity contribution is 7.89. The molecule has 2 rings (SSSR count). The van der Waals surface area contributed by atoms with E-state index < -0.39 is 10.0 Å². The summed E-state index contributed by atoms with van der Waals surface area (Å²) in [6, 6.07) is 9.57. The number of hydrogen-bond donors (Lipinski definition) is 1. The second-order valence-electron chi connectivity index (χ2n) is 4.47. The van der Waals surface area contributed by atoms with Crippen LogP contribution < -0.4 is 4.72 Å². The number of halogens is 3. The molecule has 3 nitrogen and oxygen atoms in total. The third-order valence-corrected chi connectivity index (χ3v) is 5.29. The lowest BCUT2D eigenvalue weighted by atomic mass is 10.1. The molecule has 0 aliphatic carbocycles. The zero-order chi connectivity index (χ0) is 15.6. The van der Waals surface area contributed by atoms with Crippen LogP contribution in [-0.2, 0) is 16.6 Å². The van der Waals surface area contributed by atoms with E-state index >= 15 is 0 Å². The topological polar surface area (TPSA) is 46.2 Å². The first-order valence-corrected chi connectivity index (χ1v) is 8.61. The average molecular weight is 365 g/mol. The zero-order valence-electron chi connectivity index (χ0n) is 11.0. The number of sulfonamides is 1. The average Bonchev–Trinajstić information content (AvgIpc) is 2.40. The molecule has 0 heterocycles. The lowest BCUT2D eigenvalue weighted by molar-refractivity contribution is 0.581. The minimum Gasteiger partial charge on any atom is -0.207 e. The number of benzene rings is 2. The van der Waals surface area contributed by atoms with E-state index in [2.05, 4.69) is 4.72 Å². The maximum atomic E-state index is 12.3. The Labute approximate surface area is 138 Å². The van der Waals surface area contributed by atoms with Gasteiger partial charge in [-0.1, -0.05) is 40.9 Å². The molecule has 2 aromatic carbocycles. The zero-order valence-corrected chi connectivity index (χ0v) is 14.1. The molecule has 112 valence electrons. The second kappa shape index (κ2) is 6.55. The van der Waals surface area contributed by atoms with Crippen molar-refractivity contribution < 1.29 is 8.42 Å². The molecule has 21 heavy (non-hydrogen) atoms. The number of aryl methyl sites for hydroxylation is 1. The van der Waals surface area contributed by atoms with Crippen molar-refractivity contribution in [3.63, 3.8) is 0 Å². The van der Waals surface area contributed by atoms with Crippen LogP contribution in [-0.4, -0.2) is 8.42 Å². The maximum absolute atomic E-state index is 12.3. The maximum Gasteiger partial charge on any atom is 0.242 e. The summed E-state index contributed by atoms with van der Waals surface area (Å²) in [5.41, 5.74) is 1.74. The lowest BCUT2D eigenvalue weighted by Gasteiger charge is -2.10. The SMILES string of the molecule is Cc1cc(Cl)ccc1CNS(=O)(=O)c1cc(Cl)ccc1Cl. The molecule has 7 heteroatoms. The van der Waals surface area contributed by atoms with Crippen molar-refractivity contribution in [3.8, 4) is 0 Å². The van der Waals surface area contributed by atoms with E-state index in [1.54, 1.807) is 18.2 Å². The minimum absolute atomic E-state index is 0.0386. The quantitative estimate of drug-likeness (QED) is 0.872. The van der Waals surface area contributed by atoms with Gasteiger partial charge in [-0.15, -0.1) is 0 Å². The molecule has 0 aromatic heterocycles. The van der Waals surface area contributed by atoms with Crippen LogP contribution in [0.4, 0.5) is 0 Å². The molecule has 0 bridgehead atoms. The number of hydrogen-bond acceptors (Lipinski definition) is 2. The predicted molar refractivity (Wildman–Crippen MR) is 86.7 cm³/mol. The highest BCUT2D eigenvalue weighted by atomic mass is 35.5. The molecule has 0 aliphatic heterocycles. The van der Waals surface area contributed by atoms with Gasteiger partial charge in [0.2, 0.25) is 10.0 Å². The molecule has 0 saturated heterocycles. The van der Waals surface area contributed by atoms with Crippen LogP contribution in [0.15, 0.2) is 41.3 Å². The highest BCUT2D eigenvalue weighted by Gasteiger charge is 2.18. The normalized spacial score (nSPS) is 11.6. The molecule has 0 amide bonds. The van der Waals surface area contributed by atoms with Crippen molar-refractivity contribution in [3.05, 3.63) is 62.6 Å². The van der Waals surface area contributed by atoms with E-state index in [4.69, 9.17) is 34.8 Å². The third-order valence-electron chi connectivity index (χ3n) is 2.94. The molecular weight excluding hydrogens is 353 g/mol. The summed E-state index contributed by atoms with van der Waals surface area (Å²) < 4.78 is 27.1. The van der Waals surface area contributed by atoms with E-state index in [0.29, 0.717) is 10.0 Å². The lowest BCUT2D eigenvalue weighted by Crippen LogP contribution is -2.24. The van der Waals surface area contributed by atoms with Crippen LogP contribution >= 0.6 is 34.8 Å². The van der Waals surface area contributed by atoms with Crippen molar-refractivity contribution in [2.45, 2.75) is 18.4 Å². The molecule has 2 aromatic rings. The van der Waals surface area contributed by atoms with Gasteiger partial charge in [0.1, 0.15) is 4.90 Å². The highest BCUT2D eigenvalue weighted by Crippen LogP contribution is 2.25. The first kappa shape index (κ1) is 16.6. The Balaban J connectivity index is 2.24. The van der Waals surface area contributed by atoms with Crippen LogP contribution in [0.5, 0.6) is 0 Å². The van der Waals surface area contributed by atoms with Crippen LogP contribution in [0.1, 0.15) is 11.1 Å². The van der Waals surface area contributed by atoms with Crippen molar-refractivity contribution in [1.82, 2.24) is 4.72 Å². The molecule has 0 atom stereocenters. The van der Waals surface area contributed by atoms with Crippen LogP contribution in [0.3, 0.4) is 0 Å². The molecule has 0 saturated carbocycles. The Morgan fingerprint density at radius 3 is 2.29 bits per heavy atom. The van der Waals surface area contributed by atoms with Crippen LogP contribution in [0.2, 0.25) is 15.1 Å². The molecule has 0 radical (unpaired) electrons. The Morgan fingerprint density at radius 1 is 1.00 bits per heavy atom. The van der Waals surface area contributed by atoms with Gasteiger partial charge in [-0.05, 0) is 48.4 Å². The summed E-state index contributed by atoms with van der Waals surface area (Å²) >= 11 is 17.6. The Bertz CT molecular complexity index is 776. The van der Waals surface area contributed by atoms with Crippen molar-refractivity contribution in [2.24, 2.45) is 0 Å². The number of rotatable bonds is 4. The standard InChI is InChI=1S/C14H12Cl3NO2S/c1-9-6-11(15)3-2-10(9)8-18-21(19,20)14-7-12(16)4-5-13(14)17/h2-7,18H,8H2,1H3. The van der Waals surface area contributed by atoms with Gasteiger partial charge in [0, 0.05) is 16.6 Å². The molecule has 0 spiro atoms. The predicted octanol–water partition coefficient (Wildman–Crippen LogP) is 4.43. The molecule has 1 N–H and O–H groups in total. The Kier molecular flexibility index (Phi) is 5.17. The largest absolute Gasteiger partial charge is 0.242 e. The molecule has 0 aliphatic rings. The van der Waals surface area contributed by atoms with Crippen LogP contribution in [0.25, 0.3) is 0 Å². The minimum atomic E-state index is -3.74. The fourth-order valence-electron chi connectivity index (χ4n) is 1.79. The third kappa shape index (κ3) is 4.11. The summed E-state index contributed by atoms with van der Waals surface area (Å²) in [5.74, 6) is 0. The van der Waals surface area contributed by atoms with Crippen LogP contribution in [0, 0.1) is 6.92 Å². The summed E-state index contributed by atoms with van der Waals surface area (Å²) in [6.07, 6.45) is 0. The first-order valence-electron chi connectivity index (χ1n) is 5.99. The van der Waals surface area contributed by atoms with E-state index in [1.807, 2.05) is 6.92 Å². The first-order chi connectivity index (χ1) is 9.79. The van der Waals surface area contributed by atoms with Gasteiger partial charge in [-0.3, -0.25) is 0 Å². The summed E-state index contributed by atoms with van der Waals surface area (Å²) in [7, 11) is -3.74. The summed E-state index contributed by atoms with van der Waals surface area (Å²) in [6.45, 7) is 2.01. The fourth-order valence-corrected chi connectivity index (χ4v) is 3.78. The van der Waals surface area contributed by atoms with E-state index in [0.717, 1.165) is 11.1 Å². The van der Waals surface area contributed by atoms with Gasteiger partial charge in [0.15, 0.2) is 0 Å². The van der Waals surface area contributed by atoms with Gasteiger partial charge in [0.25, 0.3) is 0 Å². The van der Waals surface area contributed by atoms with E-state index in [9.17, 15) is 8.42 Å². The van der Waals surface area contributed by atoms with Gasteiger partial charge in [0.05, 0.1) is 5.02 Å².